The molecule has 3 atom stereocenters. The molecule has 0 spiro atoms. The molecule has 2 aliphatic heterocycles. The Bertz CT molecular complexity index is 942. The lowest BCUT2D eigenvalue weighted by Gasteiger charge is -2.26. The zero-order valence-corrected chi connectivity index (χ0v) is 17.6. The molecule has 2 saturated heterocycles. The summed E-state index contributed by atoms with van der Waals surface area (Å²) in [6, 6.07) is 7.84. The van der Waals surface area contributed by atoms with Gasteiger partial charge in [-0.3, -0.25) is 4.79 Å². The van der Waals surface area contributed by atoms with E-state index in [1.54, 1.807) is 0 Å². The van der Waals surface area contributed by atoms with E-state index >= 15 is 0 Å². The lowest BCUT2D eigenvalue weighted by molar-refractivity contribution is -0.149. The van der Waals surface area contributed by atoms with Gasteiger partial charge in [0, 0.05) is 25.7 Å². The van der Waals surface area contributed by atoms with Crippen molar-refractivity contribution in [2.24, 2.45) is 5.92 Å². The molecule has 7 heteroatoms. The topological polar surface area (TPSA) is 49.8 Å². The van der Waals surface area contributed by atoms with E-state index in [9.17, 15) is 23.2 Å². The molecule has 2 fully saturated rings. The number of nitrogens with zero attached hydrogens (tertiary/aromatic N) is 1. The lowest BCUT2D eigenvalue weighted by atomic mass is 9.90. The smallest absolute Gasteiger partial charge is 0.381 e. The van der Waals surface area contributed by atoms with E-state index in [1.807, 2.05) is 26.0 Å². The number of hydrogen-bond acceptors (Lipinski definition) is 4. The predicted octanol–water partition coefficient (Wildman–Crippen LogP) is 5.49. The number of alkyl halides is 3. The highest BCUT2D eigenvalue weighted by Crippen LogP contribution is 2.40. The maximum absolute atomic E-state index is 12.8. The minimum atomic E-state index is -4.37. The Morgan fingerprint density at radius 2 is 1.74 bits per heavy atom. The number of benzene rings is 2. The molecule has 0 bridgehead atoms. The summed E-state index contributed by atoms with van der Waals surface area (Å²) in [5.41, 5.74) is 3.20. The third kappa shape index (κ3) is 4.40. The molecule has 0 aromatic heterocycles. The highest BCUT2D eigenvalue weighted by atomic mass is 19.4. The van der Waals surface area contributed by atoms with Crippen LogP contribution in [0.25, 0.3) is 11.1 Å². The van der Waals surface area contributed by atoms with Crippen LogP contribution in [0.5, 0.6) is 0 Å². The molecule has 3 unspecified atom stereocenters. The van der Waals surface area contributed by atoms with Gasteiger partial charge in [-0.15, -0.1) is 0 Å². The summed E-state index contributed by atoms with van der Waals surface area (Å²) in [7, 11) is 0. The molecule has 4 rings (SSSR count). The number of rotatable bonds is 4. The van der Waals surface area contributed by atoms with Gasteiger partial charge in [0.15, 0.2) is 5.78 Å². The van der Waals surface area contributed by atoms with Crippen LogP contribution in [0.3, 0.4) is 0 Å². The van der Waals surface area contributed by atoms with E-state index in [0.717, 1.165) is 53.8 Å². The van der Waals surface area contributed by atoms with Gasteiger partial charge in [0.2, 0.25) is 0 Å². The fraction of sp³-hybridized carbons (Fsp3) is 0.458. The summed E-state index contributed by atoms with van der Waals surface area (Å²) >= 11 is 0. The summed E-state index contributed by atoms with van der Waals surface area (Å²) < 4.78 is 43.9. The molecule has 166 valence electrons. The van der Waals surface area contributed by atoms with E-state index in [4.69, 9.17) is 4.74 Å². The van der Waals surface area contributed by atoms with Gasteiger partial charge in [-0.1, -0.05) is 24.3 Å². The second-order valence-corrected chi connectivity index (χ2v) is 8.67. The summed E-state index contributed by atoms with van der Waals surface area (Å²) in [6.45, 7) is 5.14. The van der Waals surface area contributed by atoms with Crippen molar-refractivity contribution in [2.45, 2.75) is 51.4 Å². The highest BCUT2D eigenvalue weighted by molar-refractivity contribution is 5.89. The van der Waals surface area contributed by atoms with Gasteiger partial charge in [0.05, 0.1) is 5.56 Å². The number of halogens is 3. The lowest BCUT2D eigenvalue weighted by Crippen LogP contribution is -2.31. The van der Waals surface area contributed by atoms with Crippen LogP contribution in [-0.4, -0.2) is 35.3 Å². The molecule has 4 nitrogen and oxygen atoms in total. The molecule has 0 saturated carbocycles. The number of ketones is 1. The Labute approximate surface area is 179 Å². The first-order valence-corrected chi connectivity index (χ1v) is 10.5. The van der Waals surface area contributed by atoms with Gasteiger partial charge in [-0.05, 0) is 72.6 Å². The second kappa shape index (κ2) is 8.37. The van der Waals surface area contributed by atoms with Crippen molar-refractivity contribution >= 4 is 5.78 Å². The molecule has 2 aliphatic rings. The van der Waals surface area contributed by atoms with Crippen molar-refractivity contribution in [3.8, 4) is 11.1 Å². The first-order valence-electron chi connectivity index (χ1n) is 10.5. The molecule has 0 radical (unpaired) electrons. The van der Waals surface area contributed by atoms with Gasteiger partial charge in [0.25, 0.3) is 0 Å². The zero-order chi connectivity index (χ0) is 22.3. The Kier molecular flexibility index (Phi) is 5.94. The van der Waals surface area contributed by atoms with Crippen LogP contribution in [0.15, 0.2) is 36.4 Å². The van der Waals surface area contributed by atoms with E-state index in [1.165, 1.54) is 17.2 Å². The van der Waals surface area contributed by atoms with Crippen molar-refractivity contribution in [2.75, 3.05) is 13.2 Å². The predicted molar refractivity (Wildman–Crippen MR) is 110 cm³/mol. The molecule has 2 heterocycles. The average molecular weight is 433 g/mol. The molecule has 31 heavy (non-hydrogen) atoms. The van der Waals surface area contributed by atoms with Gasteiger partial charge in [-0.2, -0.15) is 18.2 Å². The normalized spacial score (nSPS) is 24.8. The fourth-order valence-corrected chi connectivity index (χ4v) is 4.86. The van der Waals surface area contributed by atoms with Crippen molar-refractivity contribution in [1.29, 1.82) is 0 Å². The van der Waals surface area contributed by atoms with Crippen molar-refractivity contribution in [1.82, 2.24) is 5.06 Å². The number of ether oxygens (including phenoxy) is 1. The Hall–Kier alpha value is -2.22. The third-order valence-electron chi connectivity index (χ3n) is 6.42. The number of Topliss-reactive ketones (excluding diaryl/α,β-unsaturated/α-hetero) is 1. The maximum atomic E-state index is 12.8. The van der Waals surface area contributed by atoms with Crippen molar-refractivity contribution < 1.29 is 27.9 Å². The third-order valence-corrected chi connectivity index (χ3v) is 6.42. The largest absolute Gasteiger partial charge is 0.416 e. The number of carbonyl (C=O) groups excluding carboxylic acids is 1. The summed E-state index contributed by atoms with van der Waals surface area (Å²) in [5.74, 6) is 0.343. The minimum absolute atomic E-state index is 0.0140. The van der Waals surface area contributed by atoms with Crippen LogP contribution in [0.2, 0.25) is 0 Å². The standard InChI is InChI=1S/C24H26F3NO3/c1-14-9-18(17-3-5-19(6-4-17)24(25,26)27)10-15(2)22(14)23-21(29)12-20(28(23)30)11-16-7-8-31-13-16/h3-6,9-10,16,20,23,30H,7-8,11-13H2,1-2H3. The monoisotopic (exact) mass is 433 g/mol. The molecule has 1 N–H and O–H groups in total. The van der Waals surface area contributed by atoms with Crippen LogP contribution >= 0.6 is 0 Å². The summed E-state index contributed by atoms with van der Waals surface area (Å²) in [4.78, 5) is 12.8. The van der Waals surface area contributed by atoms with Crippen LogP contribution in [0, 0.1) is 19.8 Å². The Morgan fingerprint density at radius 3 is 2.29 bits per heavy atom. The second-order valence-electron chi connectivity index (χ2n) is 8.67. The van der Waals surface area contributed by atoms with Crippen molar-refractivity contribution in [3.05, 3.63) is 58.7 Å². The van der Waals surface area contributed by atoms with Crippen molar-refractivity contribution in [3.63, 3.8) is 0 Å². The number of hydroxylamine groups is 2. The Balaban J connectivity index is 1.59. The molecule has 0 aliphatic carbocycles. The first kappa shape index (κ1) is 22.0. The van der Waals surface area contributed by atoms with Crippen LogP contribution in [0.1, 0.15) is 47.6 Å². The van der Waals surface area contributed by atoms with Gasteiger partial charge < -0.3 is 9.94 Å². The van der Waals surface area contributed by atoms with E-state index in [-0.39, 0.29) is 11.8 Å². The summed E-state index contributed by atoms with van der Waals surface area (Å²) in [6.07, 6.45) is -2.40. The molecule has 0 amide bonds. The molecule has 2 aromatic carbocycles. The number of aryl methyl sites for hydroxylation is 2. The first-order chi connectivity index (χ1) is 14.6. The molecular formula is C24H26F3NO3. The Morgan fingerprint density at radius 1 is 1.10 bits per heavy atom. The van der Waals surface area contributed by atoms with Crippen LogP contribution in [-0.2, 0) is 15.7 Å². The van der Waals surface area contributed by atoms with E-state index in [2.05, 4.69) is 0 Å². The number of carbonyl (C=O) groups is 1. The zero-order valence-electron chi connectivity index (χ0n) is 17.6. The van der Waals surface area contributed by atoms with E-state index in [0.29, 0.717) is 24.5 Å². The van der Waals surface area contributed by atoms with Gasteiger partial charge >= 0.3 is 6.18 Å². The van der Waals surface area contributed by atoms with Crippen LogP contribution < -0.4 is 0 Å². The van der Waals surface area contributed by atoms with Gasteiger partial charge in [-0.25, -0.2) is 0 Å². The molecule has 2 aromatic rings. The maximum Gasteiger partial charge on any atom is 0.416 e. The minimum Gasteiger partial charge on any atom is -0.381 e. The quantitative estimate of drug-likeness (QED) is 0.693. The van der Waals surface area contributed by atoms with E-state index < -0.39 is 17.8 Å². The van der Waals surface area contributed by atoms with Crippen LogP contribution in [0.4, 0.5) is 13.2 Å². The fourth-order valence-electron chi connectivity index (χ4n) is 4.86. The van der Waals surface area contributed by atoms with Gasteiger partial charge in [0.1, 0.15) is 6.04 Å². The highest BCUT2D eigenvalue weighted by Gasteiger charge is 2.43. The molecular weight excluding hydrogens is 407 g/mol. The summed E-state index contributed by atoms with van der Waals surface area (Å²) in [5, 5.41) is 12.0. The average Bonchev–Trinajstić information content (AvgIpc) is 3.30. The SMILES string of the molecule is Cc1cc(-c2ccc(C(F)(F)F)cc2)cc(C)c1C1C(=O)CC(CC2CCOC2)N1O. The number of hydrogen-bond donors (Lipinski definition) is 1.